The summed E-state index contributed by atoms with van der Waals surface area (Å²) in [5.74, 6) is 0. The number of rotatable bonds is 5. The molecule has 3 heteroatoms. The predicted octanol–water partition coefficient (Wildman–Crippen LogP) is 2.74. The standard InChI is InChI=1S/C14H18N2S/c1-11-3-2-4-12(9-11)5-6-14-16-13(7-8-15)10-17-14/h2-4,9-10H,5-8,15H2,1H3. The van der Waals surface area contributed by atoms with E-state index in [0.717, 1.165) is 25.0 Å². The molecule has 0 saturated carbocycles. The third-order valence-corrected chi connectivity index (χ3v) is 3.67. The number of aryl methyl sites for hydroxylation is 3. The summed E-state index contributed by atoms with van der Waals surface area (Å²) in [6.45, 7) is 2.81. The summed E-state index contributed by atoms with van der Waals surface area (Å²) in [5.41, 5.74) is 9.37. The van der Waals surface area contributed by atoms with Crippen LogP contribution in [0.1, 0.15) is 21.8 Å². The van der Waals surface area contributed by atoms with Gasteiger partial charge in [-0.2, -0.15) is 0 Å². The molecule has 0 aliphatic heterocycles. The van der Waals surface area contributed by atoms with Crippen LogP contribution in [0.3, 0.4) is 0 Å². The van der Waals surface area contributed by atoms with E-state index in [1.54, 1.807) is 11.3 Å². The third-order valence-electron chi connectivity index (χ3n) is 2.71. The maximum absolute atomic E-state index is 5.52. The van der Waals surface area contributed by atoms with Crippen LogP contribution in [0.5, 0.6) is 0 Å². The monoisotopic (exact) mass is 246 g/mol. The fraction of sp³-hybridized carbons (Fsp3) is 0.357. The number of nitrogens with two attached hydrogens (primary N) is 1. The first-order valence-electron chi connectivity index (χ1n) is 5.97. The van der Waals surface area contributed by atoms with Crippen LogP contribution < -0.4 is 5.73 Å². The first-order chi connectivity index (χ1) is 8.28. The Kier molecular flexibility index (Phi) is 4.29. The molecule has 0 aliphatic rings. The van der Waals surface area contributed by atoms with Crippen LogP contribution in [0.2, 0.25) is 0 Å². The Morgan fingerprint density at radius 1 is 1.24 bits per heavy atom. The fourth-order valence-corrected chi connectivity index (χ4v) is 2.68. The van der Waals surface area contributed by atoms with E-state index in [1.165, 1.54) is 16.1 Å². The average Bonchev–Trinajstić information content (AvgIpc) is 2.75. The van der Waals surface area contributed by atoms with Crippen molar-refractivity contribution in [3.8, 4) is 0 Å². The molecule has 2 N–H and O–H groups in total. The predicted molar refractivity (Wildman–Crippen MR) is 73.5 cm³/mol. The van der Waals surface area contributed by atoms with Gasteiger partial charge in [-0.15, -0.1) is 11.3 Å². The number of aromatic nitrogens is 1. The van der Waals surface area contributed by atoms with Crippen molar-refractivity contribution in [1.29, 1.82) is 0 Å². The van der Waals surface area contributed by atoms with Crippen molar-refractivity contribution >= 4 is 11.3 Å². The van der Waals surface area contributed by atoms with E-state index in [9.17, 15) is 0 Å². The molecule has 2 aromatic rings. The van der Waals surface area contributed by atoms with Gasteiger partial charge in [0.1, 0.15) is 0 Å². The lowest BCUT2D eigenvalue weighted by molar-refractivity contribution is 0.892. The molecule has 0 fully saturated rings. The quantitative estimate of drug-likeness (QED) is 0.881. The highest BCUT2D eigenvalue weighted by Crippen LogP contribution is 2.14. The molecule has 90 valence electrons. The van der Waals surface area contributed by atoms with Crippen LogP contribution in [0.25, 0.3) is 0 Å². The number of benzene rings is 1. The van der Waals surface area contributed by atoms with Gasteiger partial charge in [0.15, 0.2) is 0 Å². The van der Waals surface area contributed by atoms with E-state index in [1.807, 2.05) is 0 Å². The van der Waals surface area contributed by atoms with E-state index in [-0.39, 0.29) is 0 Å². The van der Waals surface area contributed by atoms with Crippen molar-refractivity contribution in [2.24, 2.45) is 5.73 Å². The Balaban J connectivity index is 1.93. The lowest BCUT2D eigenvalue weighted by Crippen LogP contribution is -2.03. The van der Waals surface area contributed by atoms with E-state index in [4.69, 9.17) is 5.73 Å². The number of thiazole rings is 1. The molecule has 0 spiro atoms. The second-order valence-electron chi connectivity index (χ2n) is 4.26. The van der Waals surface area contributed by atoms with Crippen molar-refractivity contribution in [1.82, 2.24) is 4.98 Å². The minimum Gasteiger partial charge on any atom is -0.330 e. The highest BCUT2D eigenvalue weighted by atomic mass is 32.1. The van der Waals surface area contributed by atoms with E-state index >= 15 is 0 Å². The summed E-state index contributed by atoms with van der Waals surface area (Å²) in [7, 11) is 0. The van der Waals surface area contributed by atoms with Gasteiger partial charge >= 0.3 is 0 Å². The molecular formula is C14H18N2S. The average molecular weight is 246 g/mol. The fourth-order valence-electron chi connectivity index (χ4n) is 1.85. The first kappa shape index (κ1) is 12.3. The van der Waals surface area contributed by atoms with Gasteiger partial charge in [0.25, 0.3) is 0 Å². The van der Waals surface area contributed by atoms with Gasteiger partial charge in [-0.1, -0.05) is 29.8 Å². The van der Waals surface area contributed by atoms with Crippen LogP contribution in [-0.2, 0) is 19.3 Å². The summed E-state index contributed by atoms with van der Waals surface area (Å²) in [6, 6.07) is 8.68. The lowest BCUT2D eigenvalue weighted by atomic mass is 10.1. The minimum absolute atomic E-state index is 0.682. The molecule has 0 amide bonds. The van der Waals surface area contributed by atoms with Crippen molar-refractivity contribution < 1.29 is 0 Å². The molecule has 2 nitrogen and oxygen atoms in total. The summed E-state index contributed by atoms with van der Waals surface area (Å²) in [5, 5.41) is 3.34. The Hall–Kier alpha value is -1.19. The van der Waals surface area contributed by atoms with Crippen molar-refractivity contribution in [2.75, 3.05) is 6.54 Å². The molecule has 0 unspecified atom stereocenters. The molecule has 0 aliphatic carbocycles. The van der Waals surface area contributed by atoms with Crippen LogP contribution in [0.15, 0.2) is 29.6 Å². The van der Waals surface area contributed by atoms with Gasteiger partial charge < -0.3 is 5.73 Å². The second kappa shape index (κ2) is 5.94. The number of nitrogens with zero attached hydrogens (tertiary/aromatic N) is 1. The lowest BCUT2D eigenvalue weighted by Gasteiger charge is -2.00. The first-order valence-corrected chi connectivity index (χ1v) is 6.85. The Morgan fingerprint density at radius 2 is 2.12 bits per heavy atom. The maximum Gasteiger partial charge on any atom is 0.0931 e. The molecule has 1 aromatic heterocycles. The number of hydrogen-bond acceptors (Lipinski definition) is 3. The molecule has 1 aromatic carbocycles. The summed E-state index contributed by atoms with van der Waals surface area (Å²) in [6.07, 6.45) is 2.98. The van der Waals surface area contributed by atoms with Gasteiger partial charge in [-0.25, -0.2) is 4.98 Å². The van der Waals surface area contributed by atoms with Gasteiger partial charge in [0, 0.05) is 18.2 Å². The largest absolute Gasteiger partial charge is 0.330 e. The van der Waals surface area contributed by atoms with Gasteiger partial charge in [-0.05, 0) is 25.5 Å². The maximum atomic E-state index is 5.52. The van der Waals surface area contributed by atoms with Gasteiger partial charge in [-0.3, -0.25) is 0 Å². The molecule has 1 heterocycles. The normalized spacial score (nSPS) is 10.7. The zero-order valence-corrected chi connectivity index (χ0v) is 11.0. The summed E-state index contributed by atoms with van der Waals surface area (Å²) >= 11 is 1.75. The van der Waals surface area contributed by atoms with Crippen molar-refractivity contribution in [3.63, 3.8) is 0 Å². The molecule has 0 radical (unpaired) electrons. The Morgan fingerprint density at radius 3 is 2.88 bits per heavy atom. The van der Waals surface area contributed by atoms with Crippen molar-refractivity contribution in [2.45, 2.75) is 26.2 Å². The topological polar surface area (TPSA) is 38.9 Å². The van der Waals surface area contributed by atoms with E-state index < -0.39 is 0 Å². The second-order valence-corrected chi connectivity index (χ2v) is 5.20. The van der Waals surface area contributed by atoms with E-state index in [2.05, 4.69) is 41.6 Å². The minimum atomic E-state index is 0.682. The van der Waals surface area contributed by atoms with Crippen molar-refractivity contribution in [3.05, 3.63) is 51.5 Å². The zero-order valence-electron chi connectivity index (χ0n) is 10.1. The Bertz CT molecular complexity index is 477. The smallest absolute Gasteiger partial charge is 0.0931 e. The van der Waals surface area contributed by atoms with E-state index in [0.29, 0.717) is 6.54 Å². The molecule has 17 heavy (non-hydrogen) atoms. The SMILES string of the molecule is Cc1cccc(CCc2nc(CCN)cs2)c1. The zero-order chi connectivity index (χ0) is 12.1. The van der Waals surface area contributed by atoms with Crippen LogP contribution in [-0.4, -0.2) is 11.5 Å². The molecule has 2 rings (SSSR count). The molecule has 0 atom stereocenters. The summed E-state index contributed by atoms with van der Waals surface area (Å²) < 4.78 is 0. The molecule has 0 saturated heterocycles. The highest BCUT2D eigenvalue weighted by molar-refractivity contribution is 7.09. The highest BCUT2D eigenvalue weighted by Gasteiger charge is 2.02. The van der Waals surface area contributed by atoms with Crippen LogP contribution in [0.4, 0.5) is 0 Å². The Labute approximate surface area is 107 Å². The van der Waals surface area contributed by atoms with Gasteiger partial charge in [0.05, 0.1) is 10.7 Å². The molecule has 0 bridgehead atoms. The number of hydrogen-bond donors (Lipinski definition) is 1. The van der Waals surface area contributed by atoms with Crippen LogP contribution in [0, 0.1) is 6.92 Å². The van der Waals surface area contributed by atoms with Crippen LogP contribution >= 0.6 is 11.3 Å². The molecular weight excluding hydrogens is 228 g/mol. The summed E-state index contributed by atoms with van der Waals surface area (Å²) in [4.78, 5) is 4.58. The third kappa shape index (κ3) is 3.65. The van der Waals surface area contributed by atoms with Gasteiger partial charge in [0.2, 0.25) is 0 Å².